The molecule has 1 aromatic carbocycles. The molecule has 1 N–H and O–H groups in total. The average Bonchev–Trinajstić information content (AvgIpc) is 2.45. The maximum Gasteiger partial charge on any atom is 0.240 e. The van der Waals surface area contributed by atoms with E-state index in [1.165, 1.54) is 11.1 Å². The van der Waals surface area contributed by atoms with E-state index in [9.17, 15) is 4.79 Å². The van der Waals surface area contributed by atoms with E-state index in [1.54, 1.807) is 11.8 Å². The van der Waals surface area contributed by atoms with Gasteiger partial charge in [-0.15, -0.1) is 0 Å². The smallest absolute Gasteiger partial charge is 0.240 e. The highest BCUT2D eigenvalue weighted by Gasteiger charge is 2.27. The van der Waals surface area contributed by atoms with Crippen molar-refractivity contribution in [1.29, 1.82) is 0 Å². The fourth-order valence-corrected chi connectivity index (χ4v) is 3.15. The molecule has 0 bridgehead atoms. The van der Waals surface area contributed by atoms with Crippen LogP contribution in [0.15, 0.2) is 24.3 Å². The monoisotopic (exact) mass is 278 g/mol. The van der Waals surface area contributed by atoms with Crippen LogP contribution in [0.25, 0.3) is 0 Å². The van der Waals surface area contributed by atoms with E-state index in [0.717, 1.165) is 18.7 Å². The minimum atomic E-state index is -0.0794. The molecule has 1 aliphatic heterocycles. The highest BCUT2D eigenvalue weighted by Crippen LogP contribution is 2.18. The third-order valence-corrected chi connectivity index (χ3v) is 4.61. The number of thioether (sulfide) groups is 1. The van der Waals surface area contributed by atoms with Gasteiger partial charge in [-0.05, 0) is 30.7 Å². The van der Waals surface area contributed by atoms with Gasteiger partial charge in [-0.3, -0.25) is 4.79 Å². The maximum absolute atomic E-state index is 12.5. The summed E-state index contributed by atoms with van der Waals surface area (Å²) in [6.45, 7) is 2.89. The summed E-state index contributed by atoms with van der Waals surface area (Å²) in [5.74, 6) is 1.18. The number of nitrogens with zero attached hydrogens (tertiary/aromatic N) is 1. The van der Waals surface area contributed by atoms with Gasteiger partial charge in [0, 0.05) is 25.4 Å². The molecule has 2 rings (SSSR count). The number of nitrogens with one attached hydrogen (secondary N) is 1. The molecular formula is C15H22N2OS. The van der Waals surface area contributed by atoms with Crippen molar-refractivity contribution in [3.05, 3.63) is 35.4 Å². The Morgan fingerprint density at radius 3 is 2.84 bits per heavy atom. The van der Waals surface area contributed by atoms with Gasteiger partial charge in [0.2, 0.25) is 5.91 Å². The molecule has 1 heterocycles. The molecule has 1 aromatic rings. The maximum atomic E-state index is 12.5. The summed E-state index contributed by atoms with van der Waals surface area (Å²) < 4.78 is 0. The van der Waals surface area contributed by atoms with Crippen LogP contribution in [0.5, 0.6) is 0 Å². The second-order valence-electron chi connectivity index (χ2n) is 5.16. The van der Waals surface area contributed by atoms with Crippen molar-refractivity contribution < 1.29 is 4.79 Å². The van der Waals surface area contributed by atoms with Gasteiger partial charge < -0.3 is 10.2 Å². The second kappa shape index (κ2) is 6.44. The Hall–Kier alpha value is -1.00. The number of rotatable bonds is 4. The van der Waals surface area contributed by atoms with Gasteiger partial charge in [0.15, 0.2) is 0 Å². The Kier molecular flexibility index (Phi) is 4.88. The zero-order valence-corrected chi connectivity index (χ0v) is 12.7. The Morgan fingerprint density at radius 2 is 2.16 bits per heavy atom. The highest BCUT2D eigenvalue weighted by atomic mass is 32.2. The zero-order valence-electron chi connectivity index (χ0n) is 11.8. The minimum absolute atomic E-state index is 0.0794. The molecule has 1 amide bonds. The highest BCUT2D eigenvalue weighted by molar-refractivity contribution is 7.98. The van der Waals surface area contributed by atoms with Crippen LogP contribution < -0.4 is 5.32 Å². The number of carbonyl (C=O) groups excluding carboxylic acids is 1. The predicted molar refractivity (Wildman–Crippen MR) is 81.4 cm³/mol. The van der Waals surface area contributed by atoms with Crippen LogP contribution in [0.2, 0.25) is 0 Å². The van der Waals surface area contributed by atoms with Crippen molar-refractivity contribution in [3.63, 3.8) is 0 Å². The second-order valence-corrected chi connectivity index (χ2v) is 6.07. The molecular weight excluding hydrogens is 256 g/mol. The van der Waals surface area contributed by atoms with E-state index < -0.39 is 0 Å². The van der Waals surface area contributed by atoms with E-state index >= 15 is 0 Å². The summed E-state index contributed by atoms with van der Waals surface area (Å²) in [5, 5.41) is 3.35. The number of fused-ring (bicyclic) bond motifs is 1. The fourth-order valence-electron chi connectivity index (χ4n) is 2.44. The Labute approximate surface area is 119 Å². The fraction of sp³-hybridized carbons (Fsp3) is 0.533. The van der Waals surface area contributed by atoms with Crippen molar-refractivity contribution in [2.24, 2.45) is 0 Å². The van der Waals surface area contributed by atoms with Crippen LogP contribution in [-0.2, 0) is 17.8 Å². The van der Waals surface area contributed by atoms with E-state index in [0.29, 0.717) is 0 Å². The lowest BCUT2D eigenvalue weighted by Gasteiger charge is -2.32. The molecule has 0 saturated carbocycles. The molecule has 0 spiro atoms. The summed E-state index contributed by atoms with van der Waals surface area (Å²) >= 11 is 1.78. The van der Waals surface area contributed by atoms with Crippen molar-refractivity contribution in [2.75, 3.05) is 19.1 Å². The first-order valence-corrected chi connectivity index (χ1v) is 8.08. The molecule has 2 unspecified atom stereocenters. The summed E-state index contributed by atoms with van der Waals surface area (Å²) in [7, 11) is 1.91. The Bertz CT molecular complexity index is 450. The summed E-state index contributed by atoms with van der Waals surface area (Å²) in [4.78, 5) is 14.4. The first-order valence-electron chi connectivity index (χ1n) is 6.69. The summed E-state index contributed by atoms with van der Waals surface area (Å²) in [6, 6.07) is 8.55. The minimum Gasteiger partial charge on any atom is -0.341 e. The third-order valence-electron chi connectivity index (χ3n) is 3.80. The van der Waals surface area contributed by atoms with Crippen LogP contribution in [-0.4, -0.2) is 41.9 Å². The summed E-state index contributed by atoms with van der Waals surface area (Å²) in [5.41, 5.74) is 2.61. The number of hydrogen-bond acceptors (Lipinski definition) is 3. The van der Waals surface area contributed by atoms with Crippen LogP contribution in [0, 0.1) is 0 Å². The topological polar surface area (TPSA) is 32.3 Å². The molecule has 104 valence electrons. The summed E-state index contributed by atoms with van der Waals surface area (Å²) in [6.07, 6.45) is 2.87. The van der Waals surface area contributed by atoms with Crippen LogP contribution >= 0.6 is 11.8 Å². The van der Waals surface area contributed by atoms with Crippen molar-refractivity contribution in [2.45, 2.75) is 32.0 Å². The van der Waals surface area contributed by atoms with Gasteiger partial charge >= 0.3 is 0 Å². The molecule has 3 nitrogen and oxygen atoms in total. The molecule has 2 atom stereocenters. The largest absolute Gasteiger partial charge is 0.341 e. The van der Waals surface area contributed by atoms with Crippen molar-refractivity contribution >= 4 is 17.7 Å². The number of carbonyl (C=O) groups is 1. The molecule has 4 heteroatoms. The quantitative estimate of drug-likeness (QED) is 0.913. The van der Waals surface area contributed by atoms with Crippen LogP contribution in [0.3, 0.4) is 0 Å². The van der Waals surface area contributed by atoms with E-state index in [2.05, 4.69) is 36.7 Å². The van der Waals surface area contributed by atoms with Gasteiger partial charge in [-0.2, -0.15) is 11.8 Å². The molecule has 1 aliphatic rings. The van der Waals surface area contributed by atoms with Crippen LogP contribution in [0.1, 0.15) is 18.1 Å². The van der Waals surface area contributed by atoms with E-state index in [4.69, 9.17) is 0 Å². The van der Waals surface area contributed by atoms with Crippen molar-refractivity contribution in [1.82, 2.24) is 10.2 Å². The van der Waals surface area contributed by atoms with Gasteiger partial charge in [0.1, 0.15) is 0 Å². The van der Waals surface area contributed by atoms with E-state index in [1.807, 2.05) is 18.0 Å². The number of benzene rings is 1. The SMILES string of the molecule is CSCC(C)N(C)C(=O)C1Cc2ccccc2CN1. The molecule has 0 aliphatic carbocycles. The lowest BCUT2D eigenvalue weighted by atomic mass is 9.95. The lowest BCUT2D eigenvalue weighted by Crippen LogP contribution is -2.51. The van der Waals surface area contributed by atoms with Gasteiger partial charge in [-0.1, -0.05) is 24.3 Å². The molecule has 0 fully saturated rings. The predicted octanol–water partition coefficient (Wildman–Crippen LogP) is 1.91. The average molecular weight is 278 g/mol. The van der Waals surface area contributed by atoms with E-state index in [-0.39, 0.29) is 18.0 Å². The lowest BCUT2D eigenvalue weighted by molar-refractivity contribution is -0.133. The number of amides is 1. The number of likely N-dealkylation sites (N-methyl/N-ethyl adjacent to an activating group) is 1. The van der Waals surface area contributed by atoms with Crippen LogP contribution in [0.4, 0.5) is 0 Å². The third kappa shape index (κ3) is 3.31. The first-order chi connectivity index (χ1) is 9.13. The molecule has 0 radical (unpaired) electrons. The molecule has 19 heavy (non-hydrogen) atoms. The van der Waals surface area contributed by atoms with Gasteiger partial charge in [-0.25, -0.2) is 0 Å². The normalized spacial score (nSPS) is 19.6. The number of hydrogen-bond donors (Lipinski definition) is 1. The standard InChI is InChI=1S/C15H22N2OS/c1-11(10-19-3)17(2)15(18)14-8-12-6-4-5-7-13(12)9-16-14/h4-7,11,14,16H,8-10H2,1-3H3. The van der Waals surface area contributed by atoms with Crippen molar-refractivity contribution in [3.8, 4) is 0 Å². The molecule has 0 saturated heterocycles. The molecule has 0 aromatic heterocycles. The zero-order chi connectivity index (χ0) is 13.8. The Balaban J connectivity index is 2.02. The Morgan fingerprint density at radius 1 is 1.47 bits per heavy atom. The van der Waals surface area contributed by atoms with Gasteiger partial charge in [0.05, 0.1) is 6.04 Å². The first kappa shape index (κ1) is 14.4. The van der Waals surface area contributed by atoms with Gasteiger partial charge in [0.25, 0.3) is 0 Å².